The molecule has 1 aliphatic heterocycles. The van der Waals surface area contributed by atoms with Gasteiger partial charge >= 0.3 is 5.97 Å². The van der Waals surface area contributed by atoms with Crippen molar-refractivity contribution in [3.8, 4) is 0 Å². The van der Waals surface area contributed by atoms with Gasteiger partial charge in [-0.3, -0.25) is 0 Å². The molecule has 0 unspecified atom stereocenters. The van der Waals surface area contributed by atoms with Crippen molar-refractivity contribution in [2.24, 2.45) is 0 Å². The van der Waals surface area contributed by atoms with Crippen LogP contribution >= 0.6 is 11.6 Å². The number of anilines is 1. The number of carbonyl (C=O) groups excluding carboxylic acids is 1. The number of halogens is 1. The molecule has 1 heterocycles. The third-order valence-corrected chi connectivity index (χ3v) is 6.60. The van der Waals surface area contributed by atoms with E-state index in [0.29, 0.717) is 43.4 Å². The molecule has 0 bridgehead atoms. The number of benzene rings is 2. The van der Waals surface area contributed by atoms with Crippen LogP contribution in [0.2, 0.25) is 5.02 Å². The Morgan fingerprint density at radius 2 is 1.59 bits per heavy atom. The average Bonchev–Trinajstić information content (AvgIpc) is 2.69. The van der Waals surface area contributed by atoms with E-state index in [-0.39, 0.29) is 10.9 Å². The van der Waals surface area contributed by atoms with Gasteiger partial charge in [0.15, 0.2) is 0 Å². The zero-order chi connectivity index (χ0) is 19.4. The lowest BCUT2D eigenvalue weighted by Crippen LogP contribution is -2.48. The Labute approximate surface area is 164 Å². The summed E-state index contributed by atoms with van der Waals surface area (Å²) in [6.45, 7) is 4.04. The van der Waals surface area contributed by atoms with Gasteiger partial charge in [-0.1, -0.05) is 11.6 Å². The van der Waals surface area contributed by atoms with Gasteiger partial charge in [0.05, 0.1) is 17.1 Å². The monoisotopic (exact) mass is 408 g/mol. The molecule has 1 fully saturated rings. The Morgan fingerprint density at radius 1 is 1.00 bits per heavy atom. The number of ether oxygens (including phenoxy) is 1. The van der Waals surface area contributed by atoms with Crippen molar-refractivity contribution in [1.29, 1.82) is 0 Å². The highest BCUT2D eigenvalue weighted by atomic mass is 35.5. The molecule has 0 aliphatic carbocycles. The highest BCUT2D eigenvalue weighted by molar-refractivity contribution is 7.89. The normalized spacial score (nSPS) is 15.6. The molecule has 0 saturated carbocycles. The molecule has 0 aromatic heterocycles. The van der Waals surface area contributed by atoms with Crippen molar-refractivity contribution >= 4 is 33.3 Å². The van der Waals surface area contributed by atoms with Gasteiger partial charge in [-0.25, -0.2) is 13.2 Å². The van der Waals surface area contributed by atoms with Gasteiger partial charge < -0.3 is 9.64 Å². The van der Waals surface area contributed by atoms with Gasteiger partial charge in [0.2, 0.25) is 10.0 Å². The minimum absolute atomic E-state index is 0.249. The largest absolute Gasteiger partial charge is 0.462 e. The molecule has 0 N–H and O–H groups in total. The lowest BCUT2D eigenvalue weighted by atomic mass is 10.2. The van der Waals surface area contributed by atoms with Crippen molar-refractivity contribution in [2.75, 3.05) is 37.7 Å². The number of esters is 1. The Bertz CT molecular complexity index is 890. The summed E-state index contributed by atoms with van der Waals surface area (Å²) in [7, 11) is -3.52. The van der Waals surface area contributed by atoms with E-state index in [4.69, 9.17) is 16.3 Å². The molecule has 27 heavy (non-hydrogen) atoms. The van der Waals surface area contributed by atoms with Gasteiger partial charge in [0.25, 0.3) is 0 Å². The van der Waals surface area contributed by atoms with Crippen LogP contribution in [0.25, 0.3) is 0 Å². The second kappa shape index (κ2) is 8.29. The first kappa shape index (κ1) is 19.7. The number of nitrogens with zero attached hydrogens (tertiary/aromatic N) is 2. The lowest BCUT2D eigenvalue weighted by Gasteiger charge is -2.35. The number of carbonyl (C=O) groups is 1. The van der Waals surface area contributed by atoms with Crippen LogP contribution < -0.4 is 4.90 Å². The minimum Gasteiger partial charge on any atom is -0.462 e. The minimum atomic E-state index is -3.52. The van der Waals surface area contributed by atoms with E-state index in [9.17, 15) is 13.2 Å². The predicted octanol–water partition coefficient (Wildman–Crippen LogP) is 3.03. The summed E-state index contributed by atoms with van der Waals surface area (Å²) in [6.07, 6.45) is 0. The second-order valence-electron chi connectivity index (χ2n) is 6.11. The fourth-order valence-corrected chi connectivity index (χ4v) is 4.51. The van der Waals surface area contributed by atoms with E-state index >= 15 is 0 Å². The SMILES string of the molecule is CCOC(=O)c1ccc(N2CCN(S(=O)(=O)c3ccc(Cl)cc3)CC2)cc1. The summed E-state index contributed by atoms with van der Waals surface area (Å²) in [4.78, 5) is 14.1. The maximum Gasteiger partial charge on any atom is 0.338 e. The first-order valence-corrected chi connectivity index (χ1v) is 10.5. The molecule has 0 atom stereocenters. The summed E-state index contributed by atoms with van der Waals surface area (Å²) in [6, 6.07) is 13.4. The van der Waals surface area contributed by atoms with Crippen LogP contribution in [-0.2, 0) is 14.8 Å². The summed E-state index contributed by atoms with van der Waals surface area (Å²) >= 11 is 5.84. The molecule has 1 aliphatic rings. The third-order valence-electron chi connectivity index (χ3n) is 4.43. The van der Waals surface area contributed by atoms with E-state index in [1.54, 1.807) is 31.2 Å². The molecule has 1 saturated heterocycles. The second-order valence-corrected chi connectivity index (χ2v) is 8.49. The van der Waals surface area contributed by atoms with Crippen molar-refractivity contribution < 1.29 is 17.9 Å². The van der Waals surface area contributed by atoms with Crippen LogP contribution in [0.4, 0.5) is 5.69 Å². The maximum atomic E-state index is 12.7. The zero-order valence-electron chi connectivity index (χ0n) is 15.0. The van der Waals surface area contributed by atoms with E-state index in [0.717, 1.165) is 5.69 Å². The Kier molecular flexibility index (Phi) is 6.04. The topological polar surface area (TPSA) is 66.9 Å². The molecule has 0 radical (unpaired) electrons. The standard InChI is InChI=1S/C19H21ClN2O4S/c1-2-26-19(23)15-3-7-17(8-4-15)21-11-13-22(14-12-21)27(24,25)18-9-5-16(20)6-10-18/h3-10H,2,11-14H2,1H3. The predicted molar refractivity (Wildman–Crippen MR) is 105 cm³/mol. The van der Waals surface area contributed by atoms with E-state index in [1.807, 2.05) is 12.1 Å². The Hall–Kier alpha value is -2.09. The molecule has 6 nitrogen and oxygen atoms in total. The van der Waals surface area contributed by atoms with E-state index in [2.05, 4.69) is 4.90 Å². The number of hydrogen-bond donors (Lipinski definition) is 0. The van der Waals surface area contributed by atoms with E-state index in [1.165, 1.54) is 16.4 Å². The maximum absolute atomic E-state index is 12.7. The number of sulfonamides is 1. The summed E-state index contributed by atoms with van der Waals surface area (Å²) < 4.78 is 31.9. The summed E-state index contributed by atoms with van der Waals surface area (Å²) in [5.41, 5.74) is 1.45. The fraction of sp³-hybridized carbons (Fsp3) is 0.316. The average molecular weight is 409 g/mol. The first-order chi connectivity index (χ1) is 12.9. The lowest BCUT2D eigenvalue weighted by molar-refractivity contribution is 0.0526. The summed E-state index contributed by atoms with van der Waals surface area (Å²) in [5, 5.41) is 0.505. The van der Waals surface area contributed by atoms with Crippen LogP contribution in [0.5, 0.6) is 0 Å². The molecular formula is C19H21ClN2O4S. The summed E-state index contributed by atoms with van der Waals surface area (Å²) in [5.74, 6) is -0.345. The van der Waals surface area contributed by atoms with Crippen LogP contribution in [0.1, 0.15) is 17.3 Å². The molecule has 0 spiro atoms. The number of rotatable bonds is 5. The van der Waals surface area contributed by atoms with Gasteiger partial charge in [-0.15, -0.1) is 0 Å². The van der Waals surface area contributed by atoms with Crippen molar-refractivity contribution in [3.63, 3.8) is 0 Å². The number of piperazine rings is 1. The highest BCUT2D eigenvalue weighted by Gasteiger charge is 2.28. The Balaban J connectivity index is 1.65. The molecule has 2 aromatic rings. The van der Waals surface area contributed by atoms with Crippen LogP contribution in [0, 0.1) is 0 Å². The highest BCUT2D eigenvalue weighted by Crippen LogP contribution is 2.22. The molecule has 144 valence electrons. The molecular weight excluding hydrogens is 388 g/mol. The molecule has 2 aromatic carbocycles. The van der Waals surface area contributed by atoms with Crippen molar-refractivity contribution in [3.05, 3.63) is 59.1 Å². The van der Waals surface area contributed by atoms with Gasteiger partial charge in [0.1, 0.15) is 0 Å². The van der Waals surface area contributed by atoms with Crippen molar-refractivity contribution in [1.82, 2.24) is 4.31 Å². The fourth-order valence-electron chi connectivity index (χ4n) is 2.97. The van der Waals surface area contributed by atoms with Crippen LogP contribution in [-0.4, -0.2) is 51.5 Å². The zero-order valence-corrected chi connectivity index (χ0v) is 16.5. The smallest absolute Gasteiger partial charge is 0.338 e. The third kappa shape index (κ3) is 4.43. The van der Waals surface area contributed by atoms with Crippen molar-refractivity contribution in [2.45, 2.75) is 11.8 Å². The van der Waals surface area contributed by atoms with Gasteiger partial charge in [-0.2, -0.15) is 4.31 Å². The molecule has 3 rings (SSSR count). The first-order valence-electron chi connectivity index (χ1n) is 8.69. The van der Waals surface area contributed by atoms with E-state index < -0.39 is 10.0 Å². The number of hydrogen-bond acceptors (Lipinski definition) is 5. The van der Waals surface area contributed by atoms with Gasteiger partial charge in [-0.05, 0) is 55.5 Å². The van der Waals surface area contributed by atoms with Gasteiger partial charge in [0, 0.05) is 36.9 Å². The molecule has 8 heteroatoms. The quantitative estimate of drug-likeness (QED) is 0.711. The van der Waals surface area contributed by atoms with Crippen LogP contribution in [0.3, 0.4) is 0 Å². The van der Waals surface area contributed by atoms with Crippen LogP contribution in [0.15, 0.2) is 53.4 Å². The molecule has 0 amide bonds. The Morgan fingerprint density at radius 3 is 2.15 bits per heavy atom.